The first-order valence-electron chi connectivity index (χ1n) is 7.60. The molecule has 132 valence electrons. The van der Waals surface area contributed by atoms with Crippen LogP contribution in [0, 0.1) is 10.1 Å². The molecule has 0 saturated carbocycles. The average Bonchev–Trinajstić information content (AvgIpc) is 3.06. The number of aliphatic hydroxyl groups is 1. The highest BCUT2D eigenvalue weighted by molar-refractivity contribution is 5.60. The summed E-state index contributed by atoms with van der Waals surface area (Å²) >= 11 is 0. The van der Waals surface area contributed by atoms with Crippen molar-refractivity contribution in [3.63, 3.8) is 0 Å². The van der Waals surface area contributed by atoms with Crippen LogP contribution in [0.4, 0.5) is 4.79 Å². The largest absolute Gasteiger partial charge is 0.508 e. The van der Waals surface area contributed by atoms with Crippen LogP contribution in [-0.4, -0.2) is 67.2 Å². The minimum atomic E-state index is -0.816. The van der Waals surface area contributed by atoms with Crippen LogP contribution in [0.15, 0.2) is 0 Å². The Balaban J connectivity index is 1.49. The summed E-state index contributed by atoms with van der Waals surface area (Å²) in [5.74, 6) is 0. The number of nitrogens with zero attached hydrogens (tertiary/aromatic N) is 1. The first kappa shape index (κ1) is 17.7. The molecule has 10 heteroatoms. The number of rotatable bonds is 9. The van der Waals surface area contributed by atoms with Crippen LogP contribution in [-0.2, 0) is 23.8 Å². The van der Waals surface area contributed by atoms with Crippen molar-refractivity contribution in [3.8, 4) is 0 Å². The van der Waals surface area contributed by atoms with Crippen LogP contribution in [0.3, 0.4) is 0 Å². The smallest absolute Gasteiger partial charge is 0.434 e. The van der Waals surface area contributed by atoms with Crippen molar-refractivity contribution in [2.75, 3.05) is 26.4 Å². The molecule has 2 aliphatic heterocycles. The third-order valence-corrected chi connectivity index (χ3v) is 3.68. The Morgan fingerprint density at radius 3 is 2.57 bits per heavy atom. The second-order valence-corrected chi connectivity index (χ2v) is 5.39. The average molecular weight is 335 g/mol. The summed E-state index contributed by atoms with van der Waals surface area (Å²) in [6.07, 6.45) is -0.218. The normalized spacial score (nSPS) is 29.1. The Bertz CT molecular complexity index is 405. The first-order chi connectivity index (χ1) is 11.1. The van der Waals surface area contributed by atoms with Gasteiger partial charge in [-0.15, -0.1) is 10.1 Å². The molecule has 2 aliphatic rings. The summed E-state index contributed by atoms with van der Waals surface area (Å²) in [5, 5.41) is 18.7. The van der Waals surface area contributed by atoms with Gasteiger partial charge in [0.15, 0.2) is 6.10 Å². The molecule has 3 unspecified atom stereocenters. The molecule has 2 fully saturated rings. The lowest BCUT2D eigenvalue weighted by Crippen LogP contribution is -2.34. The lowest BCUT2D eigenvalue weighted by atomic mass is 10.1. The molecule has 0 radical (unpaired) electrons. The molecule has 0 aromatic heterocycles. The van der Waals surface area contributed by atoms with Crippen molar-refractivity contribution >= 4 is 6.16 Å². The molecule has 0 aliphatic carbocycles. The van der Waals surface area contributed by atoms with E-state index in [1.54, 1.807) is 0 Å². The summed E-state index contributed by atoms with van der Waals surface area (Å²) in [4.78, 5) is 25.7. The van der Waals surface area contributed by atoms with Crippen LogP contribution in [0.5, 0.6) is 0 Å². The van der Waals surface area contributed by atoms with E-state index in [4.69, 9.17) is 18.9 Å². The second-order valence-electron chi connectivity index (χ2n) is 5.39. The fourth-order valence-electron chi connectivity index (χ4n) is 2.55. The molecule has 1 N–H and O–H groups in total. The van der Waals surface area contributed by atoms with Gasteiger partial charge in [0.25, 0.3) is 5.09 Å². The third kappa shape index (κ3) is 5.48. The molecular weight excluding hydrogens is 314 g/mol. The SMILES string of the molecule is O=C(OCCCCCCO[N+](=O)[O-])OC1CO[C@@H]2C(O)COC12. The van der Waals surface area contributed by atoms with Crippen LogP contribution < -0.4 is 0 Å². The first-order valence-corrected chi connectivity index (χ1v) is 7.60. The zero-order chi connectivity index (χ0) is 16.7. The van der Waals surface area contributed by atoms with Gasteiger partial charge in [0.2, 0.25) is 0 Å². The zero-order valence-electron chi connectivity index (χ0n) is 12.6. The van der Waals surface area contributed by atoms with Crippen molar-refractivity contribution in [1.82, 2.24) is 0 Å². The van der Waals surface area contributed by atoms with E-state index in [9.17, 15) is 20.0 Å². The zero-order valence-corrected chi connectivity index (χ0v) is 12.6. The van der Waals surface area contributed by atoms with Crippen LogP contribution >= 0.6 is 0 Å². The van der Waals surface area contributed by atoms with E-state index in [1.165, 1.54) is 0 Å². The van der Waals surface area contributed by atoms with E-state index in [2.05, 4.69) is 4.84 Å². The van der Waals surface area contributed by atoms with Crippen molar-refractivity contribution in [2.24, 2.45) is 0 Å². The quantitative estimate of drug-likeness (QED) is 0.276. The van der Waals surface area contributed by atoms with E-state index in [1.807, 2.05) is 0 Å². The molecule has 2 rings (SSSR count). The Kier molecular flexibility index (Phi) is 6.81. The van der Waals surface area contributed by atoms with Gasteiger partial charge in [-0.25, -0.2) is 4.79 Å². The number of carbonyl (C=O) groups excluding carboxylic acids is 1. The topological polar surface area (TPSA) is 127 Å². The van der Waals surface area contributed by atoms with Gasteiger partial charge < -0.3 is 28.9 Å². The molecule has 4 atom stereocenters. The van der Waals surface area contributed by atoms with E-state index in [0.717, 1.165) is 12.8 Å². The molecule has 0 amide bonds. The Labute approximate surface area is 132 Å². The molecule has 0 spiro atoms. The predicted octanol–water partition coefficient (Wildman–Crippen LogP) is 0.435. The summed E-state index contributed by atoms with van der Waals surface area (Å²) in [6, 6.07) is 0. The molecule has 10 nitrogen and oxygen atoms in total. The lowest BCUT2D eigenvalue weighted by Gasteiger charge is -2.16. The standard InChI is InChI=1S/C13H21NO9/c15-9-7-20-12-10(8-21-11(9)12)23-13(16)19-5-3-1-2-4-6-22-14(17)18/h9-12,15H,1-8H2/t9?,10?,11-,12?/m1/s1. The number of fused-ring (bicyclic) bond motifs is 1. The fraction of sp³-hybridized carbons (Fsp3) is 0.923. The van der Waals surface area contributed by atoms with Gasteiger partial charge in [-0.2, -0.15) is 0 Å². The molecule has 0 aromatic rings. The van der Waals surface area contributed by atoms with Gasteiger partial charge in [-0.05, 0) is 19.3 Å². The van der Waals surface area contributed by atoms with Gasteiger partial charge in [0, 0.05) is 0 Å². The number of aliphatic hydroxyl groups excluding tert-OH is 1. The van der Waals surface area contributed by atoms with E-state index in [-0.39, 0.29) is 26.4 Å². The monoisotopic (exact) mass is 335 g/mol. The van der Waals surface area contributed by atoms with Crippen LogP contribution in [0.1, 0.15) is 25.7 Å². The Hall–Kier alpha value is -1.65. The number of carbonyl (C=O) groups is 1. The third-order valence-electron chi connectivity index (χ3n) is 3.68. The van der Waals surface area contributed by atoms with Crippen LogP contribution in [0.25, 0.3) is 0 Å². The van der Waals surface area contributed by atoms with Gasteiger partial charge in [0.05, 0.1) is 26.4 Å². The van der Waals surface area contributed by atoms with E-state index >= 15 is 0 Å². The Morgan fingerprint density at radius 2 is 1.83 bits per heavy atom. The molecule has 0 bridgehead atoms. The number of unbranched alkanes of at least 4 members (excludes halogenated alkanes) is 3. The second kappa shape index (κ2) is 8.85. The fourth-order valence-corrected chi connectivity index (χ4v) is 2.55. The summed E-state index contributed by atoms with van der Waals surface area (Å²) in [6.45, 7) is 0.633. The van der Waals surface area contributed by atoms with Gasteiger partial charge in [0.1, 0.15) is 18.3 Å². The van der Waals surface area contributed by atoms with Crippen molar-refractivity contribution in [3.05, 3.63) is 10.1 Å². The lowest BCUT2D eigenvalue weighted by molar-refractivity contribution is -0.757. The summed E-state index contributed by atoms with van der Waals surface area (Å²) in [5.41, 5.74) is 0. The highest BCUT2D eigenvalue weighted by Crippen LogP contribution is 2.28. The molecule has 2 heterocycles. The van der Waals surface area contributed by atoms with Crippen molar-refractivity contribution in [2.45, 2.75) is 50.1 Å². The molecule has 0 aromatic carbocycles. The van der Waals surface area contributed by atoms with E-state index in [0.29, 0.717) is 12.8 Å². The maximum Gasteiger partial charge on any atom is 0.508 e. The van der Waals surface area contributed by atoms with E-state index < -0.39 is 35.7 Å². The number of ether oxygens (including phenoxy) is 4. The van der Waals surface area contributed by atoms with Gasteiger partial charge in [-0.3, -0.25) is 0 Å². The maximum atomic E-state index is 11.6. The van der Waals surface area contributed by atoms with Crippen molar-refractivity contribution < 1.29 is 38.8 Å². The Morgan fingerprint density at radius 1 is 1.13 bits per heavy atom. The van der Waals surface area contributed by atoms with Gasteiger partial charge in [-0.1, -0.05) is 6.42 Å². The molecule has 23 heavy (non-hydrogen) atoms. The summed E-state index contributed by atoms with van der Waals surface area (Å²) < 4.78 is 20.7. The minimum absolute atomic E-state index is 0.0754. The number of hydrogen-bond acceptors (Lipinski definition) is 9. The minimum Gasteiger partial charge on any atom is -0.434 e. The van der Waals surface area contributed by atoms with Crippen molar-refractivity contribution in [1.29, 1.82) is 0 Å². The predicted molar refractivity (Wildman–Crippen MR) is 73.1 cm³/mol. The molecule has 2 saturated heterocycles. The van der Waals surface area contributed by atoms with Crippen LogP contribution in [0.2, 0.25) is 0 Å². The molecular formula is C13H21NO9. The number of hydrogen-bond donors (Lipinski definition) is 1. The van der Waals surface area contributed by atoms with Gasteiger partial charge >= 0.3 is 6.16 Å². The highest BCUT2D eigenvalue weighted by Gasteiger charge is 2.49. The summed E-state index contributed by atoms with van der Waals surface area (Å²) in [7, 11) is 0. The highest BCUT2D eigenvalue weighted by atomic mass is 16.9. The maximum absolute atomic E-state index is 11.6.